The van der Waals surface area contributed by atoms with Crippen LogP contribution in [0.4, 0.5) is 0 Å². The third-order valence-corrected chi connectivity index (χ3v) is 5.12. The lowest BCUT2D eigenvalue weighted by Crippen LogP contribution is -2.45. The minimum atomic E-state index is -0.260. The molecule has 0 bridgehead atoms. The van der Waals surface area contributed by atoms with Gasteiger partial charge in [0, 0.05) is 39.6 Å². The zero-order chi connectivity index (χ0) is 16.9. The van der Waals surface area contributed by atoms with Crippen LogP contribution in [0.5, 0.6) is 0 Å². The van der Waals surface area contributed by atoms with Crippen LogP contribution in [0, 0.1) is 0 Å². The molecular formula is C19H27N3O2. The first-order chi connectivity index (χ1) is 11.6. The third-order valence-electron chi connectivity index (χ3n) is 5.12. The first kappa shape index (κ1) is 17.0. The number of nitrogens with one attached hydrogen (secondary N) is 1. The Balaban J connectivity index is 1.38. The van der Waals surface area contributed by atoms with Gasteiger partial charge in [0.2, 0.25) is 11.8 Å². The highest BCUT2D eigenvalue weighted by Gasteiger charge is 2.31. The van der Waals surface area contributed by atoms with Gasteiger partial charge in [-0.2, -0.15) is 0 Å². The molecule has 5 heteroatoms. The van der Waals surface area contributed by atoms with E-state index in [9.17, 15) is 9.59 Å². The van der Waals surface area contributed by atoms with E-state index in [1.807, 2.05) is 0 Å². The Morgan fingerprint density at radius 3 is 2.79 bits per heavy atom. The lowest BCUT2D eigenvalue weighted by atomic mass is 10.00. The molecule has 2 heterocycles. The Labute approximate surface area is 144 Å². The van der Waals surface area contributed by atoms with Crippen LogP contribution in [-0.2, 0) is 22.6 Å². The standard InChI is InChI=1S/C19H27N3O2/c1-15(23)22-12-4-8-18(22)19(24)20-10-5-11-21-13-9-16-6-2-3-7-17(16)14-21/h2-3,6-7,18H,4-5,8-14H2,1H3,(H,20,24)/t18-/m0/s1. The van der Waals surface area contributed by atoms with E-state index in [4.69, 9.17) is 0 Å². The fraction of sp³-hybridized carbons (Fsp3) is 0.579. The fourth-order valence-corrected chi connectivity index (χ4v) is 3.79. The van der Waals surface area contributed by atoms with Crippen molar-refractivity contribution < 1.29 is 9.59 Å². The molecule has 24 heavy (non-hydrogen) atoms. The molecule has 2 aliphatic heterocycles. The van der Waals surface area contributed by atoms with Crippen molar-refractivity contribution in [2.24, 2.45) is 0 Å². The number of hydrogen-bond acceptors (Lipinski definition) is 3. The van der Waals surface area contributed by atoms with Crippen LogP contribution < -0.4 is 5.32 Å². The van der Waals surface area contributed by atoms with Gasteiger partial charge >= 0.3 is 0 Å². The summed E-state index contributed by atoms with van der Waals surface area (Å²) < 4.78 is 0. The average molecular weight is 329 g/mol. The molecule has 1 fully saturated rings. The first-order valence-electron chi connectivity index (χ1n) is 8.99. The van der Waals surface area contributed by atoms with Gasteiger partial charge in [0.15, 0.2) is 0 Å². The van der Waals surface area contributed by atoms with Gasteiger partial charge in [0.05, 0.1) is 0 Å². The molecule has 3 rings (SSSR count). The van der Waals surface area contributed by atoms with Crippen LogP contribution in [0.2, 0.25) is 0 Å². The average Bonchev–Trinajstić information content (AvgIpc) is 3.08. The second-order valence-electron chi connectivity index (χ2n) is 6.81. The zero-order valence-corrected chi connectivity index (χ0v) is 14.5. The van der Waals surface area contributed by atoms with Gasteiger partial charge in [0.1, 0.15) is 6.04 Å². The Kier molecular flexibility index (Phi) is 5.51. The first-order valence-corrected chi connectivity index (χ1v) is 8.99. The van der Waals surface area contributed by atoms with Crippen LogP contribution in [-0.4, -0.2) is 53.8 Å². The van der Waals surface area contributed by atoms with Crippen molar-refractivity contribution >= 4 is 11.8 Å². The molecule has 2 amide bonds. The summed E-state index contributed by atoms with van der Waals surface area (Å²) >= 11 is 0. The van der Waals surface area contributed by atoms with Crippen LogP contribution in [0.15, 0.2) is 24.3 Å². The number of carbonyl (C=O) groups is 2. The van der Waals surface area contributed by atoms with Gasteiger partial charge in [-0.1, -0.05) is 24.3 Å². The molecule has 0 aliphatic carbocycles. The molecule has 0 saturated carbocycles. The van der Waals surface area contributed by atoms with Gasteiger partial charge in [-0.15, -0.1) is 0 Å². The van der Waals surface area contributed by atoms with E-state index in [-0.39, 0.29) is 17.9 Å². The maximum atomic E-state index is 12.3. The molecule has 0 unspecified atom stereocenters. The number of likely N-dealkylation sites (tertiary alicyclic amines) is 1. The number of benzene rings is 1. The molecule has 1 atom stereocenters. The quantitative estimate of drug-likeness (QED) is 0.834. The summed E-state index contributed by atoms with van der Waals surface area (Å²) in [7, 11) is 0. The highest BCUT2D eigenvalue weighted by Crippen LogP contribution is 2.19. The Bertz CT molecular complexity index is 602. The van der Waals surface area contributed by atoms with Gasteiger partial charge in [0.25, 0.3) is 0 Å². The molecule has 0 radical (unpaired) electrons. The molecule has 1 N–H and O–H groups in total. The fourth-order valence-electron chi connectivity index (χ4n) is 3.79. The van der Waals surface area contributed by atoms with Gasteiger partial charge in [-0.25, -0.2) is 0 Å². The Morgan fingerprint density at radius 1 is 1.21 bits per heavy atom. The van der Waals surface area contributed by atoms with Crippen LogP contribution in [0.1, 0.15) is 37.3 Å². The van der Waals surface area contributed by atoms with E-state index in [0.717, 1.165) is 45.3 Å². The van der Waals surface area contributed by atoms with Crippen molar-refractivity contribution in [3.05, 3.63) is 35.4 Å². The van der Waals surface area contributed by atoms with E-state index in [1.165, 1.54) is 11.1 Å². The van der Waals surface area contributed by atoms with Crippen LogP contribution >= 0.6 is 0 Å². The molecule has 5 nitrogen and oxygen atoms in total. The Hall–Kier alpha value is -1.88. The number of amides is 2. The largest absolute Gasteiger partial charge is 0.354 e. The zero-order valence-electron chi connectivity index (χ0n) is 14.5. The number of fused-ring (bicyclic) bond motifs is 1. The topological polar surface area (TPSA) is 52.7 Å². The maximum absolute atomic E-state index is 12.3. The normalized spacial score (nSPS) is 20.7. The smallest absolute Gasteiger partial charge is 0.242 e. The maximum Gasteiger partial charge on any atom is 0.242 e. The van der Waals surface area contributed by atoms with Crippen LogP contribution in [0.25, 0.3) is 0 Å². The number of hydrogen-bond donors (Lipinski definition) is 1. The van der Waals surface area contributed by atoms with E-state index >= 15 is 0 Å². The summed E-state index contributed by atoms with van der Waals surface area (Å²) in [6.07, 6.45) is 3.76. The number of rotatable bonds is 5. The highest BCUT2D eigenvalue weighted by molar-refractivity contribution is 5.87. The van der Waals surface area contributed by atoms with Crippen molar-refractivity contribution in [1.82, 2.24) is 15.1 Å². The van der Waals surface area contributed by atoms with Crippen molar-refractivity contribution in [2.75, 3.05) is 26.2 Å². The van der Waals surface area contributed by atoms with Crippen molar-refractivity contribution in [3.63, 3.8) is 0 Å². The molecular weight excluding hydrogens is 302 g/mol. The summed E-state index contributed by atoms with van der Waals surface area (Å²) in [5.74, 6) is 0.00585. The second-order valence-corrected chi connectivity index (χ2v) is 6.81. The molecule has 1 aromatic carbocycles. The predicted molar refractivity (Wildman–Crippen MR) is 93.5 cm³/mol. The van der Waals surface area contributed by atoms with E-state index < -0.39 is 0 Å². The SMILES string of the molecule is CC(=O)N1CCC[C@H]1C(=O)NCCCN1CCc2ccccc2C1. The summed E-state index contributed by atoms with van der Waals surface area (Å²) in [5, 5.41) is 3.01. The molecule has 2 aliphatic rings. The summed E-state index contributed by atoms with van der Waals surface area (Å²) in [6.45, 7) is 6.02. The number of nitrogens with zero attached hydrogens (tertiary/aromatic N) is 2. The molecule has 1 aromatic rings. The van der Waals surface area contributed by atoms with E-state index in [2.05, 4.69) is 34.5 Å². The van der Waals surface area contributed by atoms with Crippen molar-refractivity contribution in [3.8, 4) is 0 Å². The monoisotopic (exact) mass is 329 g/mol. The Morgan fingerprint density at radius 2 is 2.00 bits per heavy atom. The van der Waals surface area contributed by atoms with E-state index in [0.29, 0.717) is 13.1 Å². The summed E-state index contributed by atoms with van der Waals surface area (Å²) in [4.78, 5) is 27.9. The third kappa shape index (κ3) is 3.96. The molecule has 0 aromatic heterocycles. The van der Waals surface area contributed by atoms with Gasteiger partial charge in [-0.05, 0) is 36.8 Å². The predicted octanol–water partition coefficient (Wildman–Crippen LogP) is 1.56. The molecule has 0 spiro atoms. The highest BCUT2D eigenvalue weighted by atomic mass is 16.2. The molecule has 130 valence electrons. The van der Waals surface area contributed by atoms with Crippen molar-refractivity contribution in [2.45, 2.75) is 45.2 Å². The van der Waals surface area contributed by atoms with Gasteiger partial charge in [-0.3, -0.25) is 14.5 Å². The van der Waals surface area contributed by atoms with Crippen LogP contribution in [0.3, 0.4) is 0 Å². The minimum Gasteiger partial charge on any atom is -0.354 e. The second kappa shape index (κ2) is 7.79. The number of carbonyl (C=O) groups excluding carboxylic acids is 2. The van der Waals surface area contributed by atoms with E-state index in [1.54, 1.807) is 11.8 Å². The van der Waals surface area contributed by atoms with Crippen molar-refractivity contribution in [1.29, 1.82) is 0 Å². The van der Waals surface area contributed by atoms with Gasteiger partial charge < -0.3 is 10.2 Å². The lowest BCUT2D eigenvalue weighted by molar-refractivity contribution is -0.136. The summed E-state index contributed by atoms with van der Waals surface area (Å²) in [5.41, 5.74) is 2.89. The summed E-state index contributed by atoms with van der Waals surface area (Å²) in [6, 6.07) is 8.38. The lowest BCUT2D eigenvalue weighted by Gasteiger charge is -2.28. The molecule has 1 saturated heterocycles. The minimum absolute atomic E-state index is 0.000341.